The van der Waals surface area contributed by atoms with Crippen LogP contribution >= 0.6 is 23.2 Å². The number of carbonyl (C=O) groups excluding carboxylic acids is 2. The summed E-state index contributed by atoms with van der Waals surface area (Å²) in [6, 6.07) is 4.55. The summed E-state index contributed by atoms with van der Waals surface area (Å²) in [6.07, 6.45) is 1.61. The molecule has 0 radical (unpaired) electrons. The molecule has 20 heavy (non-hydrogen) atoms. The van der Waals surface area contributed by atoms with Gasteiger partial charge in [0.15, 0.2) is 0 Å². The molecule has 108 valence electrons. The number of amides is 1. The standard InChI is InChI=1S/C14H15Cl2NO3/c1-20-14(19)12-3-2-6-17(12)13(18)7-9-4-5-10(15)8-11(9)16/h4-5,8,12H,2-3,6-7H2,1H3. The molecule has 0 spiro atoms. The molecule has 0 saturated carbocycles. The van der Waals surface area contributed by atoms with Crippen molar-refractivity contribution in [2.24, 2.45) is 0 Å². The molecule has 1 heterocycles. The summed E-state index contributed by atoms with van der Waals surface area (Å²) in [5.41, 5.74) is 0.705. The van der Waals surface area contributed by atoms with E-state index in [1.54, 1.807) is 23.1 Å². The van der Waals surface area contributed by atoms with E-state index in [1.165, 1.54) is 7.11 Å². The zero-order valence-corrected chi connectivity index (χ0v) is 12.6. The molecular formula is C14H15Cl2NO3. The van der Waals surface area contributed by atoms with Crippen LogP contribution < -0.4 is 0 Å². The van der Waals surface area contributed by atoms with Gasteiger partial charge in [-0.15, -0.1) is 0 Å². The Bertz CT molecular complexity index is 533. The van der Waals surface area contributed by atoms with Gasteiger partial charge in [-0.1, -0.05) is 29.3 Å². The van der Waals surface area contributed by atoms with E-state index >= 15 is 0 Å². The number of esters is 1. The molecule has 6 heteroatoms. The van der Waals surface area contributed by atoms with Gasteiger partial charge in [-0.3, -0.25) is 4.79 Å². The van der Waals surface area contributed by atoms with Crippen LogP contribution in [0.4, 0.5) is 0 Å². The summed E-state index contributed by atoms with van der Waals surface area (Å²) in [5, 5.41) is 0.986. The van der Waals surface area contributed by atoms with Crippen LogP contribution in [0, 0.1) is 0 Å². The van der Waals surface area contributed by atoms with Crippen molar-refractivity contribution in [2.45, 2.75) is 25.3 Å². The molecule has 0 bridgehead atoms. The molecule has 1 aromatic rings. The molecule has 1 saturated heterocycles. The normalized spacial score (nSPS) is 18.1. The second-order valence-electron chi connectivity index (χ2n) is 4.68. The lowest BCUT2D eigenvalue weighted by atomic mass is 10.1. The molecule has 1 amide bonds. The monoisotopic (exact) mass is 315 g/mol. The number of carbonyl (C=O) groups is 2. The number of rotatable bonds is 3. The maximum absolute atomic E-state index is 12.3. The average Bonchev–Trinajstić information content (AvgIpc) is 2.90. The molecule has 1 unspecified atom stereocenters. The second-order valence-corrected chi connectivity index (χ2v) is 5.52. The number of nitrogens with zero attached hydrogens (tertiary/aromatic N) is 1. The zero-order valence-electron chi connectivity index (χ0n) is 11.1. The predicted molar refractivity (Wildman–Crippen MR) is 76.9 cm³/mol. The molecule has 4 nitrogen and oxygen atoms in total. The molecule has 0 aliphatic carbocycles. The number of hydrogen-bond acceptors (Lipinski definition) is 3. The Labute approximate surface area is 127 Å². The van der Waals surface area contributed by atoms with Crippen LogP contribution in [0.5, 0.6) is 0 Å². The van der Waals surface area contributed by atoms with Crippen LogP contribution in [-0.2, 0) is 20.7 Å². The van der Waals surface area contributed by atoms with Gasteiger partial charge < -0.3 is 9.64 Å². The SMILES string of the molecule is COC(=O)C1CCCN1C(=O)Cc1ccc(Cl)cc1Cl. The number of likely N-dealkylation sites (tertiary alicyclic amines) is 1. The topological polar surface area (TPSA) is 46.6 Å². The Balaban J connectivity index is 2.09. The number of benzene rings is 1. The Morgan fingerprint density at radius 1 is 1.40 bits per heavy atom. The molecule has 1 aliphatic rings. The van der Waals surface area contributed by atoms with Crippen LogP contribution in [-0.4, -0.2) is 36.5 Å². The minimum atomic E-state index is -0.474. The maximum atomic E-state index is 12.3. The summed E-state index contributed by atoms with van der Waals surface area (Å²) in [4.78, 5) is 25.5. The molecule has 1 aromatic carbocycles. The molecule has 1 aliphatic heterocycles. The highest BCUT2D eigenvalue weighted by Gasteiger charge is 2.34. The van der Waals surface area contributed by atoms with Crippen LogP contribution in [0.2, 0.25) is 10.0 Å². The van der Waals surface area contributed by atoms with Gasteiger partial charge in [0.2, 0.25) is 5.91 Å². The van der Waals surface area contributed by atoms with Gasteiger partial charge in [0.25, 0.3) is 0 Å². The summed E-state index contributed by atoms with van der Waals surface area (Å²) in [6.45, 7) is 0.573. The zero-order chi connectivity index (χ0) is 14.7. The average molecular weight is 316 g/mol. The first kappa shape index (κ1) is 15.1. The fraction of sp³-hybridized carbons (Fsp3) is 0.429. The third-order valence-electron chi connectivity index (χ3n) is 3.40. The number of halogens is 2. The van der Waals surface area contributed by atoms with Crippen molar-refractivity contribution in [1.82, 2.24) is 4.90 Å². The van der Waals surface area contributed by atoms with Crippen molar-refractivity contribution in [3.05, 3.63) is 33.8 Å². The second kappa shape index (κ2) is 6.46. The first-order valence-corrected chi connectivity index (χ1v) is 7.09. The van der Waals surface area contributed by atoms with E-state index in [0.717, 1.165) is 6.42 Å². The third-order valence-corrected chi connectivity index (χ3v) is 3.99. The van der Waals surface area contributed by atoms with Crippen molar-refractivity contribution < 1.29 is 14.3 Å². The van der Waals surface area contributed by atoms with Gasteiger partial charge in [-0.25, -0.2) is 4.79 Å². The van der Waals surface area contributed by atoms with E-state index in [4.69, 9.17) is 27.9 Å². The first-order valence-electron chi connectivity index (χ1n) is 6.34. The number of ether oxygens (including phenoxy) is 1. The van der Waals surface area contributed by atoms with Crippen LogP contribution in [0.25, 0.3) is 0 Å². The Morgan fingerprint density at radius 2 is 2.15 bits per heavy atom. The first-order chi connectivity index (χ1) is 9.52. The Hall–Kier alpha value is -1.26. The molecule has 0 N–H and O–H groups in total. The smallest absolute Gasteiger partial charge is 0.328 e. The lowest BCUT2D eigenvalue weighted by molar-refractivity contribution is -0.150. The van der Waals surface area contributed by atoms with E-state index in [0.29, 0.717) is 28.6 Å². The van der Waals surface area contributed by atoms with Crippen molar-refractivity contribution in [3.63, 3.8) is 0 Å². The van der Waals surface area contributed by atoms with Crippen molar-refractivity contribution in [3.8, 4) is 0 Å². The lowest BCUT2D eigenvalue weighted by Gasteiger charge is -2.22. The summed E-state index contributed by atoms with van der Waals surface area (Å²) in [5.74, 6) is -0.486. The van der Waals surface area contributed by atoms with Crippen molar-refractivity contribution >= 4 is 35.1 Å². The van der Waals surface area contributed by atoms with E-state index in [-0.39, 0.29) is 18.3 Å². The highest BCUT2D eigenvalue weighted by Crippen LogP contribution is 2.24. The van der Waals surface area contributed by atoms with Crippen LogP contribution in [0.1, 0.15) is 18.4 Å². The highest BCUT2D eigenvalue weighted by atomic mass is 35.5. The van der Waals surface area contributed by atoms with E-state index < -0.39 is 6.04 Å². The van der Waals surface area contributed by atoms with Gasteiger partial charge in [-0.2, -0.15) is 0 Å². The fourth-order valence-corrected chi connectivity index (χ4v) is 2.85. The molecule has 2 rings (SSSR count). The van der Waals surface area contributed by atoms with Gasteiger partial charge in [0.1, 0.15) is 6.04 Å². The maximum Gasteiger partial charge on any atom is 0.328 e. The van der Waals surface area contributed by atoms with Crippen molar-refractivity contribution in [2.75, 3.05) is 13.7 Å². The molecule has 1 atom stereocenters. The molecular weight excluding hydrogens is 301 g/mol. The Morgan fingerprint density at radius 3 is 2.80 bits per heavy atom. The minimum Gasteiger partial charge on any atom is -0.467 e. The van der Waals surface area contributed by atoms with Crippen LogP contribution in [0.3, 0.4) is 0 Å². The van der Waals surface area contributed by atoms with E-state index in [1.807, 2.05) is 0 Å². The molecule has 1 fully saturated rings. The van der Waals surface area contributed by atoms with Crippen LogP contribution in [0.15, 0.2) is 18.2 Å². The number of hydrogen-bond donors (Lipinski definition) is 0. The summed E-state index contributed by atoms with van der Waals surface area (Å²) in [7, 11) is 1.33. The minimum absolute atomic E-state index is 0.123. The quantitative estimate of drug-likeness (QED) is 0.806. The van der Waals surface area contributed by atoms with Gasteiger partial charge in [0.05, 0.1) is 13.5 Å². The summed E-state index contributed by atoms with van der Waals surface area (Å²) >= 11 is 11.9. The third kappa shape index (κ3) is 3.25. The van der Waals surface area contributed by atoms with Gasteiger partial charge in [0, 0.05) is 16.6 Å². The largest absolute Gasteiger partial charge is 0.467 e. The summed E-state index contributed by atoms with van der Waals surface area (Å²) < 4.78 is 4.73. The van der Waals surface area contributed by atoms with Gasteiger partial charge >= 0.3 is 5.97 Å². The van der Waals surface area contributed by atoms with E-state index in [2.05, 4.69) is 0 Å². The fourth-order valence-electron chi connectivity index (χ4n) is 2.38. The predicted octanol–water partition coefficient (Wildman–Crippen LogP) is 2.70. The Kier molecular flexibility index (Phi) is 4.89. The van der Waals surface area contributed by atoms with Gasteiger partial charge in [-0.05, 0) is 30.5 Å². The van der Waals surface area contributed by atoms with E-state index in [9.17, 15) is 9.59 Å². The number of methoxy groups -OCH3 is 1. The molecule has 0 aromatic heterocycles. The highest BCUT2D eigenvalue weighted by molar-refractivity contribution is 6.35. The lowest BCUT2D eigenvalue weighted by Crippen LogP contribution is -2.41. The van der Waals surface area contributed by atoms with Crippen molar-refractivity contribution in [1.29, 1.82) is 0 Å².